The molecule has 0 aliphatic carbocycles. The molecule has 20 heavy (non-hydrogen) atoms. The monoisotopic (exact) mass is 276 g/mol. The molecule has 0 heterocycles. The molecule has 0 amide bonds. The Balaban J connectivity index is 1.77. The van der Waals surface area contributed by atoms with E-state index in [1.165, 1.54) is 58.0 Å². The minimum absolute atomic E-state index is 0.822. The molecule has 0 saturated carbocycles. The number of hydrogen-bond acceptors (Lipinski definition) is 2. The fourth-order valence-electron chi connectivity index (χ4n) is 2.16. The summed E-state index contributed by atoms with van der Waals surface area (Å²) in [5.74, 6) is 0.932. The number of rotatable bonds is 13. The molecule has 0 spiro atoms. The Bertz CT molecular complexity index is 300. The van der Waals surface area contributed by atoms with Crippen molar-refractivity contribution in [3.05, 3.63) is 30.3 Å². The third-order valence-electron chi connectivity index (χ3n) is 3.40. The van der Waals surface area contributed by atoms with Crippen LogP contribution in [0.4, 0.5) is 0 Å². The zero-order valence-electron chi connectivity index (χ0n) is 13.0. The van der Waals surface area contributed by atoms with Crippen molar-refractivity contribution in [1.82, 2.24) is 5.32 Å². The van der Waals surface area contributed by atoms with Gasteiger partial charge >= 0.3 is 0 Å². The first kappa shape index (κ1) is 17.0. The van der Waals surface area contributed by atoms with Crippen LogP contribution >= 0.6 is 0 Å². The molecule has 0 aliphatic heterocycles. The van der Waals surface area contributed by atoms with Gasteiger partial charge in [0.25, 0.3) is 0 Å². The van der Waals surface area contributed by atoms with Gasteiger partial charge in [-0.25, -0.2) is 0 Å². The second-order valence-corrected chi connectivity index (χ2v) is 5.31. The van der Waals surface area contributed by atoms with Gasteiger partial charge in [0.05, 0.1) is 6.61 Å². The maximum atomic E-state index is 5.64. The van der Waals surface area contributed by atoms with Crippen LogP contribution < -0.4 is 10.1 Å². The van der Waals surface area contributed by atoms with E-state index in [1.54, 1.807) is 0 Å². The lowest BCUT2D eigenvalue weighted by molar-refractivity contribution is 0.304. The minimum atomic E-state index is 0.822. The van der Waals surface area contributed by atoms with Crippen LogP contribution in [0.3, 0.4) is 0 Å². The normalized spacial score (nSPS) is 10.7. The average Bonchev–Trinajstić information content (AvgIpc) is 2.49. The largest absolute Gasteiger partial charge is 0.494 e. The zero-order valence-corrected chi connectivity index (χ0v) is 13.0. The predicted molar refractivity (Wildman–Crippen MR) is 86.3 cm³/mol. The molecule has 1 aromatic carbocycles. The molecule has 1 aromatic rings. The van der Waals surface area contributed by atoms with E-state index in [0.29, 0.717) is 0 Å². The highest BCUT2D eigenvalue weighted by atomic mass is 16.5. The highest BCUT2D eigenvalue weighted by Crippen LogP contribution is 2.09. The molecule has 0 bridgehead atoms. The summed E-state index contributed by atoms with van der Waals surface area (Å²) >= 11 is 0. The van der Waals surface area contributed by atoms with Crippen molar-refractivity contribution < 1.29 is 4.74 Å². The molecular formula is C18H30NO. The lowest BCUT2D eigenvalue weighted by atomic mass is 10.2. The van der Waals surface area contributed by atoms with Crippen molar-refractivity contribution in [2.45, 2.75) is 58.3 Å². The van der Waals surface area contributed by atoms with Crippen LogP contribution in [0.1, 0.15) is 58.3 Å². The topological polar surface area (TPSA) is 21.3 Å². The lowest BCUT2D eigenvalue weighted by Gasteiger charge is -2.06. The summed E-state index contributed by atoms with van der Waals surface area (Å²) in [5, 5.41) is 3.53. The first-order valence-corrected chi connectivity index (χ1v) is 8.23. The van der Waals surface area contributed by atoms with Crippen LogP contribution in [-0.4, -0.2) is 19.7 Å². The minimum Gasteiger partial charge on any atom is -0.494 e. The van der Waals surface area contributed by atoms with E-state index in [9.17, 15) is 0 Å². The standard InChI is InChI=1S/C18H30NO/c1-2-3-4-10-15-19-16-11-5-6-12-17-20-18-13-8-7-9-14-18/h7-8,13-14,19H,2-6,10-12,15-17H2,1H3. The van der Waals surface area contributed by atoms with Gasteiger partial charge in [0.1, 0.15) is 5.75 Å². The molecule has 113 valence electrons. The maximum absolute atomic E-state index is 5.64. The van der Waals surface area contributed by atoms with Gasteiger partial charge in [-0.05, 0) is 50.6 Å². The van der Waals surface area contributed by atoms with Crippen LogP contribution in [0, 0.1) is 6.07 Å². The first-order chi connectivity index (χ1) is 9.93. The molecular weight excluding hydrogens is 246 g/mol. The Kier molecular flexibility index (Phi) is 11.1. The quantitative estimate of drug-likeness (QED) is 0.532. The molecule has 0 aromatic heterocycles. The molecule has 2 heteroatoms. The average molecular weight is 276 g/mol. The van der Waals surface area contributed by atoms with Crippen LogP contribution in [0.5, 0.6) is 5.75 Å². The Morgan fingerprint density at radius 1 is 1.00 bits per heavy atom. The van der Waals surface area contributed by atoms with Crippen molar-refractivity contribution >= 4 is 0 Å². The number of benzene rings is 1. The molecule has 0 unspecified atom stereocenters. The summed E-state index contributed by atoms with van der Waals surface area (Å²) in [6.45, 7) is 5.43. The molecule has 1 radical (unpaired) electrons. The second-order valence-electron chi connectivity index (χ2n) is 5.31. The number of unbranched alkanes of at least 4 members (excludes halogenated alkanes) is 6. The summed E-state index contributed by atoms with van der Waals surface area (Å²) in [6.07, 6.45) is 10.4. The lowest BCUT2D eigenvalue weighted by Crippen LogP contribution is -2.16. The zero-order chi connectivity index (χ0) is 14.3. The number of nitrogens with one attached hydrogen (secondary N) is 1. The van der Waals surface area contributed by atoms with Crippen LogP contribution in [0.2, 0.25) is 0 Å². The summed E-state index contributed by atoms with van der Waals surface area (Å²) in [5.41, 5.74) is 0. The van der Waals surface area contributed by atoms with E-state index in [4.69, 9.17) is 4.74 Å². The van der Waals surface area contributed by atoms with Crippen molar-refractivity contribution in [2.24, 2.45) is 0 Å². The van der Waals surface area contributed by atoms with Crippen LogP contribution in [0.15, 0.2) is 24.3 Å². The summed E-state index contributed by atoms with van der Waals surface area (Å²) in [6, 6.07) is 10.7. The van der Waals surface area contributed by atoms with E-state index in [2.05, 4.69) is 18.3 Å². The molecule has 2 nitrogen and oxygen atoms in total. The highest BCUT2D eigenvalue weighted by Gasteiger charge is 1.94. The van der Waals surface area contributed by atoms with Gasteiger partial charge in [-0.3, -0.25) is 0 Å². The Morgan fingerprint density at radius 2 is 1.75 bits per heavy atom. The molecule has 0 aliphatic rings. The third kappa shape index (κ3) is 9.85. The molecule has 1 N–H and O–H groups in total. The van der Waals surface area contributed by atoms with Gasteiger partial charge in [-0.15, -0.1) is 0 Å². The third-order valence-corrected chi connectivity index (χ3v) is 3.40. The van der Waals surface area contributed by atoms with E-state index in [1.807, 2.05) is 24.3 Å². The van der Waals surface area contributed by atoms with Gasteiger partial charge in [-0.2, -0.15) is 0 Å². The fraction of sp³-hybridized carbons (Fsp3) is 0.667. The Hall–Kier alpha value is -1.02. The summed E-state index contributed by atoms with van der Waals surface area (Å²) < 4.78 is 5.64. The first-order valence-electron chi connectivity index (χ1n) is 8.23. The van der Waals surface area contributed by atoms with E-state index < -0.39 is 0 Å². The van der Waals surface area contributed by atoms with Crippen molar-refractivity contribution in [2.75, 3.05) is 19.7 Å². The van der Waals surface area contributed by atoms with Crippen LogP contribution in [0.25, 0.3) is 0 Å². The molecule has 0 saturated heterocycles. The van der Waals surface area contributed by atoms with Gasteiger partial charge in [0.15, 0.2) is 0 Å². The molecule has 0 fully saturated rings. The van der Waals surface area contributed by atoms with Gasteiger partial charge in [-0.1, -0.05) is 51.2 Å². The van der Waals surface area contributed by atoms with E-state index in [-0.39, 0.29) is 0 Å². The smallest absolute Gasteiger partial charge is 0.119 e. The van der Waals surface area contributed by atoms with Gasteiger partial charge in [0.2, 0.25) is 0 Å². The van der Waals surface area contributed by atoms with Crippen molar-refractivity contribution in [3.8, 4) is 5.75 Å². The van der Waals surface area contributed by atoms with E-state index in [0.717, 1.165) is 18.8 Å². The summed E-state index contributed by atoms with van der Waals surface area (Å²) in [4.78, 5) is 0. The Labute approximate surface area is 124 Å². The fourth-order valence-corrected chi connectivity index (χ4v) is 2.16. The maximum Gasteiger partial charge on any atom is 0.119 e. The number of hydrogen-bond donors (Lipinski definition) is 1. The summed E-state index contributed by atoms with van der Waals surface area (Å²) in [7, 11) is 0. The van der Waals surface area contributed by atoms with E-state index >= 15 is 0 Å². The van der Waals surface area contributed by atoms with Crippen molar-refractivity contribution in [1.29, 1.82) is 0 Å². The SMILES string of the molecule is CCCCCCNCCCCCCOc1c[c]ccc1. The number of ether oxygens (including phenoxy) is 1. The van der Waals surface area contributed by atoms with Crippen molar-refractivity contribution in [3.63, 3.8) is 0 Å². The molecule has 1 rings (SSSR count). The van der Waals surface area contributed by atoms with Gasteiger partial charge < -0.3 is 10.1 Å². The van der Waals surface area contributed by atoms with Crippen LogP contribution in [-0.2, 0) is 0 Å². The second kappa shape index (κ2) is 13.0. The highest BCUT2D eigenvalue weighted by molar-refractivity contribution is 5.19. The van der Waals surface area contributed by atoms with Gasteiger partial charge in [0, 0.05) is 0 Å². The Morgan fingerprint density at radius 3 is 2.45 bits per heavy atom. The molecule has 0 atom stereocenters. The predicted octanol–water partition coefficient (Wildman–Crippen LogP) is 4.60.